The van der Waals surface area contributed by atoms with Gasteiger partial charge in [0, 0.05) is 0 Å². The summed E-state index contributed by atoms with van der Waals surface area (Å²) in [5, 5.41) is 12.3. The highest BCUT2D eigenvalue weighted by atomic mass is 32.2. The molecule has 3 nitrogen and oxygen atoms in total. The number of rotatable bonds is 7. The van der Waals surface area contributed by atoms with Crippen molar-refractivity contribution in [3.63, 3.8) is 0 Å². The second-order valence-corrected chi connectivity index (χ2v) is 5.57. The lowest BCUT2D eigenvalue weighted by Gasteiger charge is -2.24. The van der Waals surface area contributed by atoms with Gasteiger partial charge in [-0.3, -0.25) is 4.79 Å². The van der Waals surface area contributed by atoms with E-state index < -0.39 is 5.97 Å². The van der Waals surface area contributed by atoms with Gasteiger partial charge in [0.25, 0.3) is 0 Å². The Balaban J connectivity index is 2.22. The van der Waals surface area contributed by atoms with Gasteiger partial charge >= 0.3 is 5.97 Å². The summed E-state index contributed by atoms with van der Waals surface area (Å²) in [6.07, 6.45) is 9.25. The quantitative estimate of drug-likeness (QED) is 0.723. The lowest BCUT2D eigenvalue weighted by Crippen LogP contribution is -2.40. The molecule has 1 saturated carbocycles. The highest BCUT2D eigenvalue weighted by Gasteiger charge is 2.19. The van der Waals surface area contributed by atoms with E-state index in [0.717, 1.165) is 18.7 Å². The molecule has 1 atom stereocenters. The zero-order valence-electron chi connectivity index (χ0n) is 10.1. The second-order valence-electron chi connectivity index (χ2n) is 4.58. The van der Waals surface area contributed by atoms with Crippen LogP contribution in [-0.4, -0.2) is 35.7 Å². The third-order valence-electron chi connectivity index (χ3n) is 3.29. The van der Waals surface area contributed by atoms with Gasteiger partial charge in [0.15, 0.2) is 0 Å². The van der Waals surface area contributed by atoms with Crippen molar-refractivity contribution >= 4 is 17.7 Å². The molecule has 0 radical (unpaired) electrons. The SMILES string of the molecule is CSCC[C@@H](NCC1CCCCC1)C(=O)O. The Bertz CT molecular complexity index is 205. The maximum atomic E-state index is 11.0. The molecular weight excluding hydrogens is 222 g/mol. The summed E-state index contributed by atoms with van der Waals surface area (Å²) >= 11 is 1.71. The van der Waals surface area contributed by atoms with Crippen molar-refractivity contribution in [1.82, 2.24) is 5.32 Å². The molecule has 94 valence electrons. The average Bonchev–Trinajstić information content (AvgIpc) is 2.30. The van der Waals surface area contributed by atoms with Crippen LogP contribution in [0.1, 0.15) is 38.5 Å². The smallest absolute Gasteiger partial charge is 0.320 e. The Morgan fingerprint density at radius 2 is 2.12 bits per heavy atom. The van der Waals surface area contributed by atoms with Crippen LogP contribution in [0, 0.1) is 5.92 Å². The minimum Gasteiger partial charge on any atom is -0.480 e. The number of hydrogen-bond donors (Lipinski definition) is 2. The minimum absolute atomic E-state index is 0.352. The molecule has 0 aromatic carbocycles. The van der Waals surface area contributed by atoms with E-state index in [1.54, 1.807) is 11.8 Å². The Morgan fingerprint density at radius 1 is 1.44 bits per heavy atom. The summed E-state index contributed by atoms with van der Waals surface area (Å²) in [6, 6.07) is -0.352. The van der Waals surface area contributed by atoms with Crippen molar-refractivity contribution in [2.45, 2.75) is 44.6 Å². The van der Waals surface area contributed by atoms with E-state index in [0.29, 0.717) is 5.92 Å². The van der Waals surface area contributed by atoms with Crippen molar-refractivity contribution in [2.24, 2.45) is 5.92 Å². The zero-order chi connectivity index (χ0) is 11.8. The molecule has 0 bridgehead atoms. The number of hydrogen-bond acceptors (Lipinski definition) is 3. The Labute approximate surface area is 102 Å². The number of carbonyl (C=O) groups is 1. The number of nitrogens with one attached hydrogen (secondary N) is 1. The normalized spacial score (nSPS) is 19.6. The molecule has 4 heteroatoms. The lowest BCUT2D eigenvalue weighted by molar-refractivity contribution is -0.139. The van der Waals surface area contributed by atoms with E-state index in [1.165, 1.54) is 32.1 Å². The zero-order valence-corrected chi connectivity index (χ0v) is 10.9. The molecule has 0 spiro atoms. The van der Waals surface area contributed by atoms with Crippen LogP contribution >= 0.6 is 11.8 Å². The first-order chi connectivity index (χ1) is 7.74. The van der Waals surface area contributed by atoms with Gasteiger partial charge in [-0.05, 0) is 43.7 Å². The Kier molecular flexibility index (Phi) is 6.88. The van der Waals surface area contributed by atoms with Crippen LogP contribution in [0.15, 0.2) is 0 Å². The largest absolute Gasteiger partial charge is 0.480 e. The number of aliphatic carboxylic acids is 1. The molecule has 2 N–H and O–H groups in total. The monoisotopic (exact) mass is 245 g/mol. The highest BCUT2D eigenvalue weighted by Crippen LogP contribution is 2.22. The molecule has 0 aromatic heterocycles. The van der Waals surface area contributed by atoms with E-state index in [4.69, 9.17) is 5.11 Å². The maximum Gasteiger partial charge on any atom is 0.320 e. The summed E-state index contributed by atoms with van der Waals surface area (Å²) < 4.78 is 0. The van der Waals surface area contributed by atoms with Gasteiger partial charge < -0.3 is 10.4 Å². The van der Waals surface area contributed by atoms with Crippen LogP contribution in [0.25, 0.3) is 0 Å². The van der Waals surface area contributed by atoms with Gasteiger partial charge in [0.05, 0.1) is 0 Å². The first-order valence-electron chi connectivity index (χ1n) is 6.19. The van der Waals surface area contributed by atoms with Gasteiger partial charge in [0.2, 0.25) is 0 Å². The molecule has 0 unspecified atom stereocenters. The van der Waals surface area contributed by atoms with Crippen molar-refractivity contribution < 1.29 is 9.90 Å². The van der Waals surface area contributed by atoms with E-state index in [2.05, 4.69) is 5.32 Å². The number of carboxylic acid groups (broad SMARTS) is 1. The standard InChI is InChI=1S/C12H23NO2S/c1-16-8-7-11(12(14)15)13-9-10-5-3-2-4-6-10/h10-11,13H,2-9H2,1H3,(H,14,15)/t11-/m1/s1. The molecule has 0 amide bonds. The fourth-order valence-corrected chi connectivity index (χ4v) is 2.72. The van der Waals surface area contributed by atoms with Crippen molar-refractivity contribution in [1.29, 1.82) is 0 Å². The Hall–Kier alpha value is -0.220. The maximum absolute atomic E-state index is 11.0. The molecule has 0 aliphatic heterocycles. The molecule has 0 aromatic rings. The molecule has 1 aliphatic carbocycles. The van der Waals surface area contributed by atoms with Gasteiger partial charge in [-0.2, -0.15) is 11.8 Å². The minimum atomic E-state index is -0.704. The van der Waals surface area contributed by atoms with E-state index in [9.17, 15) is 4.79 Å². The van der Waals surface area contributed by atoms with Crippen molar-refractivity contribution in [3.05, 3.63) is 0 Å². The molecule has 0 saturated heterocycles. The lowest BCUT2D eigenvalue weighted by atomic mass is 9.89. The van der Waals surface area contributed by atoms with Gasteiger partial charge in [-0.1, -0.05) is 19.3 Å². The third-order valence-corrected chi connectivity index (χ3v) is 3.93. The van der Waals surface area contributed by atoms with E-state index >= 15 is 0 Å². The van der Waals surface area contributed by atoms with Gasteiger partial charge in [-0.15, -0.1) is 0 Å². The van der Waals surface area contributed by atoms with E-state index in [1.807, 2.05) is 6.26 Å². The van der Waals surface area contributed by atoms with E-state index in [-0.39, 0.29) is 6.04 Å². The van der Waals surface area contributed by atoms with Crippen LogP contribution in [0.2, 0.25) is 0 Å². The number of carboxylic acids is 1. The van der Waals surface area contributed by atoms with Crippen LogP contribution in [0.3, 0.4) is 0 Å². The van der Waals surface area contributed by atoms with Crippen LogP contribution in [-0.2, 0) is 4.79 Å². The van der Waals surface area contributed by atoms with Crippen LogP contribution in [0.4, 0.5) is 0 Å². The fourth-order valence-electron chi connectivity index (χ4n) is 2.25. The average molecular weight is 245 g/mol. The molecule has 1 fully saturated rings. The molecule has 1 rings (SSSR count). The number of thioether (sulfide) groups is 1. The third kappa shape index (κ3) is 5.21. The van der Waals surface area contributed by atoms with Crippen LogP contribution < -0.4 is 5.32 Å². The second kappa shape index (κ2) is 7.96. The van der Waals surface area contributed by atoms with Crippen molar-refractivity contribution in [3.8, 4) is 0 Å². The summed E-state index contributed by atoms with van der Waals surface area (Å²) in [6.45, 7) is 0.880. The van der Waals surface area contributed by atoms with Gasteiger partial charge in [0.1, 0.15) is 6.04 Å². The van der Waals surface area contributed by atoms with Crippen molar-refractivity contribution in [2.75, 3.05) is 18.6 Å². The molecular formula is C12H23NO2S. The summed E-state index contributed by atoms with van der Waals surface area (Å²) in [7, 11) is 0. The first kappa shape index (κ1) is 13.8. The predicted octanol–water partition coefficient (Wildman–Crippen LogP) is 2.36. The van der Waals surface area contributed by atoms with Crippen LogP contribution in [0.5, 0.6) is 0 Å². The summed E-state index contributed by atoms with van der Waals surface area (Å²) in [5.41, 5.74) is 0. The van der Waals surface area contributed by atoms with Gasteiger partial charge in [-0.25, -0.2) is 0 Å². The molecule has 1 aliphatic rings. The molecule has 16 heavy (non-hydrogen) atoms. The predicted molar refractivity (Wildman–Crippen MR) is 69.0 cm³/mol. The summed E-state index contributed by atoms with van der Waals surface area (Å²) in [5.74, 6) is 0.906. The summed E-state index contributed by atoms with van der Waals surface area (Å²) in [4.78, 5) is 11.0. The fraction of sp³-hybridized carbons (Fsp3) is 0.917. The highest BCUT2D eigenvalue weighted by molar-refractivity contribution is 7.98. The molecule has 0 heterocycles. The topological polar surface area (TPSA) is 49.3 Å². The Morgan fingerprint density at radius 3 is 2.69 bits per heavy atom. The first-order valence-corrected chi connectivity index (χ1v) is 7.58.